The van der Waals surface area contributed by atoms with Crippen LogP contribution in [0.1, 0.15) is 24.2 Å². The highest BCUT2D eigenvalue weighted by Gasteiger charge is 2.22. The largest absolute Gasteiger partial charge is 0.350 e. The fourth-order valence-corrected chi connectivity index (χ4v) is 1.61. The summed E-state index contributed by atoms with van der Waals surface area (Å²) in [7, 11) is 3.94. The van der Waals surface area contributed by atoms with E-state index in [1.807, 2.05) is 14.1 Å². The fraction of sp³-hybridized carbons (Fsp3) is 0.500. The van der Waals surface area contributed by atoms with Crippen molar-refractivity contribution in [2.45, 2.75) is 19.4 Å². The van der Waals surface area contributed by atoms with E-state index >= 15 is 0 Å². The highest BCUT2D eigenvalue weighted by atomic mass is 79.9. The Kier molecular flexibility index (Phi) is 5.28. The van der Waals surface area contributed by atoms with Gasteiger partial charge in [0.25, 0.3) is 5.91 Å². The molecule has 1 aromatic heterocycles. The van der Waals surface area contributed by atoms with Gasteiger partial charge in [-0.1, -0.05) is 0 Å². The standard InChI is InChI=1S/C12H20BrN5O/c1-12(2,18(3)4)7-16-11(19)9-5-8(13)6-15-10(9)17-14/h5-6H,7,14H2,1-4H3,(H,15,17)(H,16,19). The lowest BCUT2D eigenvalue weighted by atomic mass is 10.0. The minimum Gasteiger partial charge on any atom is -0.350 e. The van der Waals surface area contributed by atoms with Gasteiger partial charge >= 0.3 is 0 Å². The number of carbonyl (C=O) groups excluding carboxylic acids is 1. The lowest BCUT2D eigenvalue weighted by Crippen LogP contribution is -2.48. The maximum absolute atomic E-state index is 12.2. The molecule has 7 heteroatoms. The predicted molar refractivity (Wildman–Crippen MR) is 79.8 cm³/mol. The quantitative estimate of drug-likeness (QED) is 0.558. The maximum Gasteiger partial charge on any atom is 0.255 e. The minimum absolute atomic E-state index is 0.134. The SMILES string of the molecule is CN(C)C(C)(C)CNC(=O)c1cc(Br)cnc1NN. The van der Waals surface area contributed by atoms with Gasteiger partial charge in [-0.2, -0.15) is 0 Å². The number of nitrogens with one attached hydrogen (secondary N) is 2. The summed E-state index contributed by atoms with van der Waals surface area (Å²) >= 11 is 3.29. The third-order valence-electron chi connectivity index (χ3n) is 3.13. The van der Waals surface area contributed by atoms with Crippen LogP contribution in [0.2, 0.25) is 0 Å². The van der Waals surface area contributed by atoms with Crippen molar-refractivity contribution in [3.63, 3.8) is 0 Å². The maximum atomic E-state index is 12.2. The Morgan fingerprint density at radius 3 is 2.68 bits per heavy atom. The van der Waals surface area contributed by atoms with Crippen LogP contribution in [0.15, 0.2) is 16.7 Å². The van der Waals surface area contributed by atoms with E-state index in [1.165, 1.54) is 0 Å². The van der Waals surface area contributed by atoms with E-state index < -0.39 is 0 Å². The molecule has 6 nitrogen and oxygen atoms in total. The number of nitrogens with zero attached hydrogens (tertiary/aromatic N) is 2. The Morgan fingerprint density at radius 1 is 1.53 bits per heavy atom. The molecule has 0 fully saturated rings. The summed E-state index contributed by atoms with van der Waals surface area (Å²) in [5.74, 6) is 5.49. The third kappa shape index (κ3) is 4.15. The number of halogens is 1. The molecule has 0 atom stereocenters. The van der Waals surface area contributed by atoms with Crippen LogP contribution in [0.4, 0.5) is 5.82 Å². The van der Waals surface area contributed by atoms with Gasteiger partial charge in [0.15, 0.2) is 5.82 Å². The molecule has 0 aliphatic rings. The Labute approximate surface area is 121 Å². The van der Waals surface area contributed by atoms with Crippen molar-refractivity contribution < 1.29 is 4.79 Å². The first-order valence-corrected chi connectivity index (χ1v) is 6.65. The average molecular weight is 330 g/mol. The van der Waals surface area contributed by atoms with E-state index in [1.54, 1.807) is 12.3 Å². The molecule has 0 aliphatic carbocycles. The molecule has 0 spiro atoms. The molecule has 0 radical (unpaired) electrons. The molecule has 0 unspecified atom stereocenters. The van der Waals surface area contributed by atoms with Crippen molar-refractivity contribution >= 4 is 27.7 Å². The van der Waals surface area contributed by atoms with Crippen LogP contribution in [0, 0.1) is 0 Å². The van der Waals surface area contributed by atoms with Crippen LogP contribution in [-0.2, 0) is 0 Å². The summed E-state index contributed by atoms with van der Waals surface area (Å²) in [6, 6.07) is 1.68. The van der Waals surface area contributed by atoms with Gasteiger partial charge in [-0.05, 0) is 49.9 Å². The Bertz CT molecular complexity index is 461. The number of hydrogen-bond donors (Lipinski definition) is 3. The van der Waals surface area contributed by atoms with E-state index in [0.29, 0.717) is 17.9 Å². The monoisotopic (exact) mass is 329 g/mol. The van der Waals surface area contributed by atoms with Crippen LogP contribution in [-0.4, -0.2) is 42.0 Å². The number of likely N-dealkylation sites (N-methyl/N-ethyl adjacent to an activating group) is 1. The number of carbonyl (C=O) groups is 1. The average Bonchev–Trinajstić information content (AvgIpc) is 2.35. The number of anilines is 1. The highest BCUT2D eigenvalue weighted by molar-refractivity contribution is 9.10. The summed E-state index contributed by atoms with van der Waals surface area (Å²) in [5.41, 5.74) is 2.70. The first-order valence-electron chi connectivity index (χ1n) is 5.85. The van der Waals surface area contributed by atoms with Gasteiger partial charge in [0.05, 0.1) is 5.56 Å². The molecule has 0 saturated heterocycles. The molecule has 1 aromatic rings. The topological polar surface area (TPSA) is 83.3 Å². The normalized spacial score (nSPS) is 11.5. The summed E-state index contributed by atoms with van der Waals surface area (Å²) in [6.07, 6.45) is 1.58. The van der Waals surface area contributed by atoms with E-state index in [4.69, 9.17) is 5.84 Å². The number of rotatable bonds is 5. The number of hydrazine groups is 1. The summed E-state index contributed by atoms with van der Waals surface area (Å²) in [5, 5.41) is 2.89. The Hall–Kier alpha value is -1.18. The first kappa shape index (κ1) is 15.9. The van der Waals surface area contributed by atoms with Gasteiger partial charge in [0.2, 0.25) is 0 Å². The van der Waals surface area contributed by atoms with Gasteiger partial charge < -0.3 is 15.6 Å². The molecule has 0 bridgehead atoms. The lowest BCUT2D eigenvalue weighted by molar-refractivity contribution is 0.0920. The molecule has 106 valence electrons. The molecule has 0 aliphatic heterocycles. The van der Waals surface area contributed by atoms with E-state index in [0.717, 1.165) is 4.47 Å². The first-order chi connectivity index (χ1) is 8.77. The molecular formula is C12H20BrN5O. The van der Waals surface area contributed by atoms with E-state index in [9.17, 15) is 4.79 Å². The lowest BCUT2D eigenvalue weighted by Gasteiger charge is -2.32. The van der Waals surface area contributed by atoms with Gasteiger partial charge in [-0.25, -0.2) is 10.8 Å². The van der Waals surface area contributed by atoms with E-state index in [-0.39, 0.29) is 11.4 Å². The molecular weight excluding hydrogens is 310 g/mol. The Morgan fingerprint density at radius 2 is 2.16 bits per heavy atom. The second kappa shape index (κ2) is 6.31. The van der Waals surface area contributed by atoms with Gasteiger partial charge in [0.1, 0.15) is 0 Å². The van der Waals surface area contributed by atoms with Crippen LogP contribution in [0.5, 0.6) is 0 Å². The van der Waals surface area contributed by atoms with Gasteiger partial charge in [-0.3, -0.25) is 4.79 Å². The number of amides is 1. The molecule has 1 rings (SSSR count). The third-order valence-corrected chi connectivity index (χ3v) is 3.56. The second-order valence-corrected chi connectivity index (χ2v) is 6.00. The number of nitrogen functional groups attached to an aromatic ring is 1. The molecule has 19 heavy (non-hydrogen) atoms. The van der Waals surface area contributed by atoms with Crippen molar-refractivity contribution in [1.82, 2.24) is 15.2 Å². The van der Waals surface area contributed by atoms with Crippen molar-refractivity contribution in [3.8, 4) is 0 Å². The number of pyridine rings is 1. The van der Waals surface area contributed by atoms with Crippen LogP contribution >= 0.6 is 15.9 Å². The van der Waals surface area contributed by atoms with Crippen molar-refractivity contribution in [2.75, 3.05) is 26.1 Å². The highest BCUT2D eigenvalue weighted by Crippen LogP contribution is 2.17. The Balaban J connectivity index is 2.82. The van der Waals surface area contributed by atoms with Crippen LogP contribution in [0.25, 0.3) is 0 Å². The van der Waals surface area contributed by atoms with Crippen molar-refractivity contribution in [2.24, 2.45) is 5.84 Å². The molecule has 4 N–H and O–H groups in total. The zero-order chi connectivity index (χ0) is 14.6. The van der Waals surface area contributed by atoms with E-state index in [2.05, 4.69) is 50.4 Å². The predicted octanol–water partition coefficient (Wildman–Crippen LogP) is 1.20. The zero-order valence-corrected chi connectivity index (χ0v) is 13.2. The van der Waals surface area contributed by atoms with Crippen LogP contribution in [0.3, 0.4) is 0 Å². The number of nitrogens with two attached hydrogens (primary N) is 1. The van der Waals surface area contributed by atoms with Crippen LogP contribution < -0.4 is 16.6 Å². The second-order valence-electron chi connectivity index (χ2n) is 5.08. The van der Waals surface area contributed by atoms with Crippen molar-refractivity contribution in [3.05, 3.63) is 22.3 Å². The van der Waals surface area contributed by atoms with Gasteiger partial charge in [0, 0.05) is 22.8 Å². The summed E-state index contributed by atoms with van der Waals surface area (Å²) < 4.78 is 0.725. The number of hydrogen-bond acceptors (Lipinski definition) is 5. The molecule has 0 saturated carbocycles. The molecule has 1 amide bonds. The summed E-state index contributed by atoms with van der Waals surface area (Å²) in [6.45, 7) is 4.62. The minimum atomic E-state index is -0.211. The molecule has 1 heterocycles. The molecule has 0 aromatic carbocycles. The zero-order valence-electron chi connectivity index (χ0n) is 11.6. The smallest absolute Gasteiger partial charge is 0.255 e. The van der Waals surface area contributed by atoms with Crippen molar-refractivity contribution in [1.29, 1.82) is 0 Å². The number of aromatic nitrogens is 1. The summed E-state index contributed by atoms with van der Waals surface area (Å²) in [4.78, 5) is 18.3. The fourth-order valence-electron chi connectivity index (χ4n) is 1.28. The van der Waals surface area contributed by atoms with Gasteiger partial charge in [-0.15, -0.1) is 0 Å².